The van der Waals surface area contributed by atoms with E-state index in [0.29, 0.717) is 6.04 Å². The average Bonchev–Trinajstić information content (AvgIpc) is 2.95. The highest BCUT2D eigenvalue weighted by atomic mass is 35.5. The number of hydrogen-bond donors (Lipinski definition) is 3. The molecule has 0 aromatic carbocycles. The zero-order chi connectivity index (χ0) is 11.5. The first-order valence-electron chi connectivity index (χ1n) is 5.98. The lowest BCUT2D eigenvalue weighted by molar-refractivity contribution is -0.128. The van der Waals surface area contributed by atoms with Crippen molar-refractivity contribution >= 4 is 24.2 Å². The van der Waals surface area contributed by atoms with Gasteiger partial charge in [0.25, 0.3) is 0 Å². The van der Waals surface area contributed by atoms with E-state index in [1.807, 2.05) is 0 Å². The van der Waals surface area contributed by atoms with Crippen LogP contribution in [0.15, 0.2) is 0 Å². The molecule has 2 saturated carbocycles. The number of nitrogens with one attached hydrogen (secondary N) is 2. The van der Waals surface area contributed by atoms with Crippen molar-refractivity contribution in [2.24, 2.45) is 11.7 Å². The molecule has 0 aromatic rings. The molecule has 0 aliphatic heterocycles. The van der Waals surface area contributed by atoms with Crippen molar-refractivity contribution in [1.29, 1.82) is 0 Å². The van der Waals surface area contributed by atoms with Crippen LogP contribution in [0.25, 0.3) is 0 Å². The molecule has 2 fully saturated rings. The molecule has 2 amide bonds. The van der Waals surface area contributed by atoms with Crippen molar-refractivity contribution < 1.29 is 9.59 Å². The first-order valence-corrected chi connectivity index (χ1v) is 5.98. The van der Waals surface area contributed by atoms with Gasteiger partial charge in [0.15, 0.2) is 0 Å². The Morgan fingerprint density at radius 1 is 1.18 bits per heavy atom. The van der Waals surface area contributed by atoms with E-state index in [-0.39, 0.29) is 42.7 Å². The van der Waals surface area contributed by atoms with E-state index in [1.165, 1.54) is 0 Å². The topological polar surface area (TPSA) is 84.2 Å². The molecule has 2 unspecified atom stereocenters. The maximum absolute atomic E-state index is 11.7. The zero-order valence-corrected chi connectivity index (χ0v) is 10.6. The molecule has 0 bridgehead atoms. The van der Waals surface area contributed by atoms with Crippen LogP contribution in [-0.2, 0) is 9.59 Å². The number of rotatable bonds is 4. The third kappa shape index (κ3) is 4.52. The SMILES string of the molecule is Cl.NC1CCC(C(=O)NCC(=O)NC2CC2)C1. The Labute approximate surface area is 107 Å². The number of nitrogens with two attached hydrogens (primary N) is 1. The van der Waals surface area contributed by atoms with E-state index in [1.54, 1.807) is 0 Å². The standard InChI is InChI=1S/C11H19N3O2.ClH/c12-8-2-1-7(5-8)11(16)13-6-10(15)14-9-3-4-9;/h7-9H,1-6,12H2,(H,13,16)(H,14,15);1H. The predicted molar refractivity (Wildman–Crippen MR) is 66.7 cm³/mol. The average molecular weight is 262 g/mol. The lowest BCUT2D eigenvalue weighted by atomic mass is 10.1. The normalized spacial score (nSPS) is 27.1. The molecule has 5 nitrogen and oxygen atoms in total. The van der Waals surface area contributed by atoms with Gasteiger partial charge in [0.1, 0.15) is 0 Å². The van der Waals surface area contributed by atoms with Crippen molar-refractivity contribution in [2.45, 2.75) is 44.2 Å². The van der Waals surface area contributed by atoms with Gasteiger partial charge >= 0.3 is 0 Å². The van der Waals surface area contributed by atoms with Gasteiger partial charge in [-0.25, -0.2) is 0 Å². The van der Waals surface area contributed by atoms with Crippen LogP contribution < -0.4 is 16.4 Å². The fourth-order valence-corrected chi connectivity index (χ4v) is 2.07. The van der Waals surface area contributed by atoms with E-state index in [4.69, 9.17) is 5.73 Å². The van der Waals surface area contributed by atoms with Gasteiger partial charge < -0.3 is 16.4 Å². The van der Waals surface area contributed by atoms with Gasteiger partial charge in [-0.15, -0.1) is 12.4 Å². The third-order valence-corrected chi connectivity index (χ3v) is 3.21. The minimum absolute atomic E-state index is 0. The predicted octanol–water partition coefficient (Wildman–Crippen LogP) is -0.0696. The summed E-state index contributed by atoms with van der Waals surface area (Å²) in [6.07, 6.45) is 4.63. The zero-order valence-electron chi connectivity index (χ0n) is 9.78. The first kappa shape index (κ1) is 14.3. The van der Waals surface area contributed by atoms with E-state index < -0.39 is 0 Å². The quantitative estimate of drug-likeness (QED) is 0.662. The lowest BCUT2D eigenvalue weighted by Crippen LogP contribution is -2.40. The second-order valence-corrected chi connectivity index (χ2v) is 4.83. The Bertz CT molecular complexity index is 294. The first-order chi connectivity index (χ1) is 7.65. The molecule has 2 rings (SSSR count). The van der Waals surface area contributed by atoms with Gasteiger partial charge in [-0.3, -0.25) is 9.59 Å². The fraction of sp³-hybridized carbons (Fsp3) is 0.818. The second kappa shape index (κ2) is 6.21. The fourth-order valence-electron chi connectivity index (χ4n) is 2.07. The monoisotopic (exact) mass is 261 g/mol. The molecule has 17 heavy (non-hydrogen) atoms. The van der Waals surface area contributed by atoms with Crippen molar-refractivity contribution in [2.75, 3.05) is 6.54 Å². The highest BCUT2D eigenvalue weighted by Gasteiger charge is 2.28. The van der Waals surface area contributed by atoms with E-state index in [9.17, 15) is 9.59 Å². The Morgan fingerprint density at radius 2 is 1.88 bits per heavy atom. The summed E-state index contributed by atoms with van der Waals surface area (Å²) < 4.78 is 0. The summed E-state index contributed by atoms with van der Waals surface area (Å²) >= 11 is 0. The summed E-state index contributed by atoms with van der Waals surface area (Å²) in [6.45, 7) is 0.0983. The van der Waals surface area contributed by atoms with Gasteiger partial charge in [-0.1, -0.05) is 0 Å². The summed E-state index contributed by atoms with van der Waals surface area (Å²) in [6, 6.07) is 0.500. The Balaban J connectivity index is 0.00000144. The molecule has 2 aliphatic rings. The molecule has 0 aromatic heterocycles. The van der Waals surface area contributed by atoms with Gasteiger partial charge in [-0.2, -0.15) is 0 Å². The Kier molecular flexibility index (Phi) is 5.21. The minimum atomic E-state index is -0.0851. The maximum atomic E-state index is 11.7. The number of halogens is 1. The van der Waals surface area contributed by atoms with Crippen LogP contribution in [-0.4, -0.2) is 30.4 Å². The summed E-state index contributed by atoms with van der Waals surface area (Å²) in [4.78, 5) is 23.0. The van der Waals surface area contributed by atoms with Crippen LogP contribution >= 0.6 is 12.4 Å². The highest BCUT2D eigenvalue weighted by Crippen LogP contribution is 2.23. The third-order valence-electron chi connectivity index (χ3n) is 3.21. The molecule has 0 heterocycles. The van der Waals surface area contributed by atoms with Crippen LogP contribution in [0.4, 0.5) is 0 Å². The summed E-state index contributed by atoms with van der Waals surface area (Å²) in [7, 11) is 0. The summed E-state index contributed by atoms with van der Waals surface area (Å²) in [5.41, 5.74) is 5.73. The summed E-state index contributed by atoms with van der Waals surface area (Å²) in [5, 5.41) is 5.50. The Hall–Kier alpha value is -0.810. The number of carbonyl (C=O) groups excluding carboxylic acids is 2. The van der Waals surface area contributed by atoms with Crippen molar-refractivity contribution in [3.05, 3.63) is 0 Å². The highest BCUT2D eigenvalue weighted by molar-refractivity contribution is 5.86. The molecule has 2 aliphatic carbocycles. The molecule has 98 valence electrons. The molecule has 6 heteroatoms. The van der Waals surface area contributed by atoms with Crippen molar-refractivity contribution in [3.63, 3.8) is 0 Å². The Morgan fingerprint density at radius 3 is 2.41 bits per heavy atom. The smallest absolute Gasteiger partial charge is 0.239 e. The summed E-state index contributed by atoms with van der Waals surface area (Å²) in [5.74, 6) is -0.110. The molecule has 0 saturated heterocycles. The number of carbonyl (C=O) groups is 2. The van der Waals surface area contributed by atoms with Crippen LogP contribution in [0.1, 0.15) is 32.1 Å². The van der Waals surface area contributed by atoms with Crippen LogP contribution in [0.5, 0.6) is 0 Å². The second-order valence-electron chi connectivity index (χ2n) is 4.83. The van der Waals surface area contributed by atoms with Crippen LogP contribution in [0.3, 0.4) is 0 Å². The van der Waals surface area contributed by atoms with Crippen molar-refractivity contribution in [3.8, 4) is 0 Å². The van der Waals surface area contributed by atoms with Crippen LogP contribution in [0.2, 0.25) is 0 Å². The molecule has 0 radical (unpaired) electrons. The van der Waals surface area contributed by atoms with Gasteiger partial charge in [0, 0.05) is 18.0 Å². The van der Waals surface area contributed by atoms with E-state index >= 15 is 0 Å². The lowest BCUT2D eigenvalue weighted by Gasteiger charge is -2.10. The maximum Gasteiger partial charge on any atom is 0.239 e. The minimum Gasteiger partial charge on any atom is -0.352 e. The van der Waals surface area contributed by atoms with E-state index in [0.717, 1.165) is 32.1 Å². The molecular weight excluding hydrogens is 242 g/mol. The molecule has 0 spiro atoms. The number of amides is 2. The van der Waals surface area contributed by atoms with E-state index in [2.05, 4.69) is 10.6 Å². The van der Waals surface area contributed by atoms with Crippen molar-refractivity contribution in [1.82, 2.24) is 10.6 Å². The van der Waals surface area contributed by atoms with Crippen LogP contribution in [0, 0.1) is 5.92 Å². The largest absolute Gasteiger partial charge is 0.352 e. The number of hydrogen-bond acceptors (Lipinski definition) is 3. The van der Waals surface area contributed by atoms with Gasteiger partial charge in [0.2, 0.25) is 11.8 Å². The van der Waals surface area contributed by atoms with Gasteiger partial charge in [0.05, 0.1) is 6.54 Å². The molecule has 2 atom stereocenters. The molecule has 4 N–H and O–H groups in total. The molecular formula is C11H20ClN3O2. The van der Waals surface area contributed by atoms with Gasteiger partial charge in [-0.05, 0) is 32.1 Å².